The smallest absolute Gasteiger partial charge is 0.329 e. The van der Waals surface area contributed by atoms with Crippen LogP contribution in [0.1, 0.15) is 26.7 Å². The standard InChI is InChI=1S/C13H18N2O3/c1-3-9-13(2,11(16)17)15-12(18)14-10-7-5-4-6-8-10/h4-8H,3,9H2,1-2H3,(H,16,17)(H2,14,15,18). The molecule has 0 fully saturated rings. The Labute approximate surface area is 106 Å². The second-order valence-electron chi connectivity index (χ2n) is 4.33. The van der Waals surface area contributed by atoms with Crippen molar-refractivity contribution >= 4 is 17.7 Å². The summed E-state index contributed by atoms with van der Waals surface area (Å²) in [5.74, 6) is -1.03. The first-order chi connectivity index (χ1) is 8.48. The van der Waals surface area contributed by atoms with Gasteiger partial charge in [0.1, 0.15) is 5.54 Å². The molecule has 5 heteroatoms. The van der Waals surface area contributed by atoms with Crippen molar-refractivity contribution in [1.82, 2.24) is 5.32 Å². The zero-order valence-corrected chi connectivity index (χ0v) is 10.6. The van der Waals surface area contributed by atoms with E-state index >= 15 is 0 Å². The predicted octanol–water partition coefficient (Wildman–Crippen LogP) is 2.45. The van der Waals surface area contributed by atoms with E-state index in [0.29, 0.717) is 18.5 Å². The van der Waals surface area contributed by atoms with Crippen LogP contribution in [0.15, 0.2) is 30.3 Å². The Kier molecular flexibility index (Phi) is 4.71. The molecule has 1 unspecified atom stereocenters. The molecule has 98 valence electrons. The molecule has 5 nitrogen and oxygen atoms in total. The van der Waals surface area contributed by atoms with E-state index in [-0.39, 0.29) is 0 Å². The third kappa shape index (κ3) is 3.76. The number of amides is 2. The maximum atomic E-state index is 11.7. The Hall–Kier alpha value is -2.04. The topological polar surface area (TPSA) is 78.4 Å². The first kappa shape index (κ1) is 14.0. The number of carboxylic acid groups (broad SMARTS) is 1. The maximum Gasteiger partial charge on any atom is 0.329 e. The zero-order valence-electron chi connectivity index (χ0n) is 10.6. The van der Waals surface area contributed by atoms with Gasteiger partial charge in [0.25, 0.3) is 0 Å². The molecule has 1 aromatic carbocycles. The van der Waals surface area contributed by atoms with Crippen molar-refractivity contribution in [3.8, 4) is 0 Å². The molecule has 1 atom stereocenters. The Bertz CT molecular complexity index is 420. The second-order valence-corrected chi connectivity index (χ2v) is 4.33. The number of anilines is 1. The van der Waals surface area contributed by atoms with E-state index in [4.69, 9.17) is 5.11 Å². The summed E-state index contributed by atoms with van der Waals surface area (Å²) in [4.78, 5) is 22.9. The summed E-state index contributed by atoms with van der Waals surface area (Å²) in [6.07, 6.45) is 1.05. The quantitative estimate of drug-likeness (QED) is 0.751. The van der Waals surface area contributed by atoms with Crippen LogP contribution in [0.3, 0.4) is 0 Å². The molecule has 0 saturated heterocycles. The molecule has 0 heterocycles. The van der Waals surface area contributed by atoms with E-state index in [1.807, 2.05) is 13.0 Å². The number of nitrogens with one attached hydrogen (secondary N) is 2. The highest BCUT2D eigenvalue weighted by Gasteiger charge is 2.33. The molecule has 3 N–H and O–H groups in total. The summed E-state index contributed by atoms with van der Waals surface area (Å²) in [6.45, 7) is 3.38. The van der Waals surface area contributed by atoms with E-state index in [9.17, 15) is 9.59 Å². The SMILES string of the molecule is CCCC(C)(NC(=O)Nc1ccccc1)C(=O)O. The van der Waals surface area contributed by atoms with Gasteiger partial charge in [-0.2, -0.15) is 0 Å². The van der Waals surface area contributed by atoms with Crippen molar-refractivity contribution in [2.45, 2.75) is 32.2 Å². The van der Waals surface area contributed by atoms with Crippen LogP contribution in [0.2, 0.25) is 0 Å². The molecule has 0 aliphatic carbocycles. The maximum absolute atomic E-state index is 11.7. The van der Waals surface area contributed by atoms with E-state index in [2.05, 4.69) is 10.6 Å². The zero-order chi connectivity index (χ0) is 13.6. The van der Waals surface area contributed by atoms with Crippen molar-refractivity contribution in [3.63, 3.8) is 0 Å². The number of aliphatic carboxylic acids is 1. The molecule has 0 bridgehead atoms. The van der Waals surface area contributed by atoms with Crippen LogP contribution < -0.4 is 10.6 Å². The lowest BCUT2D eigenvalue weighted by atomic mass is 9.97. The molecule has 0 radical (unpaired) electrons. The highest BCUT2D eigenvalue weighted by atomic mass is 16.4. The van der Waals surface area contributed by atoms with Gasteiger partial charge in [0, 0.05) is 5.69 Å². The Morgan fingerprint density at radius 2 is 1.89 bits per heavy atom. The molecule has 2 amide bonds. The van der Waals surface area contributed by atoms with Gasteiger partial charge >= 0.3 is 12.0 Å². The number of rotatable bonds is 5. The molecule has 1 aromatic rings. The number of carbonyl (C=O) groups is 2. The fraction of sp³-hybridized carbons (Fsp3) is 0.385. The number of hydrogen-bond acceptors (Lipinski definition) is 2. The normalized spacial score (nSPS) is 13.4. The minimum atomic E-state index is -1.24. The van der Waals surface area contributed by atoms with Gasteiger partial charge in [0.15, 0.2) is 0 Å². The lowest BCUT2D eigenvalue weighted by Crippen LogP contribution is -2.53. The van der Waals surface area contributed by atoms with Crippen LogP contribution in [0.5, 0.6) is 0 Å². The van der Waals surface area contributed by atoms with Gasteiger partial charge in [-0.1, -0.05) is 31.5 Å². The van der Waals surface area contributed by atoms with Gasteiger partial charge in [0.05, 0.1) is 0 Å². The minimum absolute atomic E-state index is 0.380. The van der Waals surface area contributed by atoms with E-state index in [1.54, 1.807) is 24.3 Å². The van der Waals surface area contributed by atoms with E-state index in [1.165, 1.54) is 6.92 Å². The lowest BCUT2D eigenvalue weighted by molar-refractivity contribution is -0.143. The van der Waals surface area contributed by atoms with Crippen molar-refractivity contribution < 1.29 is 14.7 Å². The van der Waals surface area contributed by atoms with Crippen molar-refractivity contribution in [3.05, 3.63) is 30.3 Å². The van der Waals surface area contributed by atoms with Gasteiger partial charge in [-0.15, -0.1) is 0 Å². The van der Waals surface area contributed by atoms with Crippen molar-refractivity contribution in [2.75, 3.05) is 5.32 Å². The van der Waals surface area contributed by atoms with Gasteiger partial charge in [-0.25, -0.2) is 9.59 Å². The number of carbonyl (C=O) groups excluding carboxylic acids is 1. The molecule has 0 aliphatic heterocycles. The summed E-state index contributed by atoms with van der Waals surface area (Å²) >= 11 is 0. The van der Waals surface area contributed by atoms with Crippen LogP contribution >= 0.6 is 0 Å². The minimum Gasteiger partial charge on any atom is -0.480 e. The number of carboxylic acids is 1. The molecular weight excluding hydrogens is 232 g/mol. The molecule has 0 aromatic heterocycles. The number of hydrogen-bond donors (Lipinski definition) is 3. The molecule has 0 spiro atoms. The number of benzene rings is 1. The molecule has 0 saturated carbocycles. The van der Waals surface area contributed by atoms with Gasteiger partial charge in [-0.05, 0) is 25.5 Å². The average Bonchev–Trinajstić information content (AvgIpc) is 2.30. The van der Waals surface area contributed by atoms with E-state index in [0.717, 1.165) is 0 Å². The summed E-state index contributed by atoms with van der Waals surface area (Å²) in [5.41, 5.74) is -0.618. The molecule has 1 rings (SSSR count). The van der Waals surface area contributed by atoms with Crippen LogP contribution in [-0.2, 0) is 4.79 Å². The van der Waals surface area contributed by atoms with Crippen molar-refractivity contribution in [2.24, 2.45) is 0 Å². The Morgan fingerprint density at radius 1 is 1.28 bits per heavy atom. The fourth-order valence-corrected chi connectivity index (χ4v) is 1.66. The van der Waals surface area contributed by atoms with Crippen LogP contribution in [0, 0.1) is 0 Å². The van der Waals surface area contributed by atoms with Crippen LogP contribution in [-0.4, -0.2) is 22.6 Å². The molecule has 18 heavy (non-hydrogen) atoms. The summed E-state index contributed by atoms with van der Waals surface area (Å²) in [6, 6.07) is 8.37. The Morgan fingerprint density at radius 3 is 2.39 bits per heavy atom. The Balaban J connectivity index is 2.65. The predicted molar refractivity (Wildman–Crippen MR) is 69.5 cm³/mol. The third-order valence-corrected chi connectivity index (χ3v) is 2.64. The second kappa shape index (κ2) is 6.05. The van der Waals surface area contributed by atoms with Crippen molar-refractivity contribution in [1.29, 1.82) is 0 Å². The van der Waals surface area contributed by atoms with E-state index < -0.39 is 17.5 Å². The lowest BCUT2D eigenvalue weighted by Gasteiger charge is -2.25. The summed E-state index contributed by atoms with van der Waals surface area (Å²) in [5, 5.41) is 14.2. The number of urea groups is 1. The highest BCUT2D eigenvalue weighted by Crippen LogP contribution is 2.13. The molecular formula is C13H18N2O3. The van der Waals surface area contributed by atoms with Crippen LogP contribution in [0.4, 0.5) is 10.5 Å². The van der Waals surface area contributed by atoms with Gasteiger partial charge < -0.3 is 15.7 Å². The van der Waals surface area contributed by atoms with Crippen LogP contribution in [0.25, 0.3) is 0 Å². The third-order valence-electron chi connectivity index (χ3n) is 2.64. The highest BCUT2D eigenvalue weighted by molar-refractivity contribution is 5.93. The average molecular weight is 250 g/mol. The van der Waals surface area contributed by atoms with Gasteiger partial charge in [0.2, 0.25) is 0 Å². The first-order valence-corrected chi connectivity index (χ1v) is 5.85. The molecule has 0 aliphatic rings. The monoisotopic (exact) mass is 250 g/mol. The fourth-order valence-electron chi connectivity index (χ4n) is 1.66. The van der Waals surface area contributed by atoms with Gasteiger partial charge in [-0.3, -0.25) is 0 Å². The summed E-state index contributed by atoms with van der Waals surface area (Å²) in [7, 11) is 0. The largest absolute Gasteiger partial charge is 0.480 e. The number of para-hydroxylation sites is 1. The first-order valence-electron chi connectivity index (χ1n) is 5.85. The summed E-state index contributed by atoms with van der Waals surface area (Å²) < 4.78 is 0.